The molecule has 0 spiro atoms. The fourth-order valence-electron chi connectivity index (χ4n) is 3.02. The van der Waals surface area contributed by atoms with Crippen molar-refractivity contribution in [3.8, 4) is 0 Å². The maximum atomic E-state index is 11.9. The summed E-state index contributed by atoms with van der Waals surface area (Å²) in [4.78, 5) is 23.3. The molecule has 1 aliphatic carbocycles. The quantitative estimate of drug-likeness (QED) is 0.701. The van der Waals surface area contributed by atoms with E-state index in [1.165, 1.54) is 6.42 Å². The average molecular weight is 284 g/mol. The summed E-state index contributed by atoms with van der Waals surface area (Å²) in [5, 5.41) is 14.8. The van der Waals surface area contributed by atoms with Crippen LogP contribution in [0.15, 0.2) is 0 Å². The molecule has 20 heavy (non-hydrogen) atoms. The van der Waals surface area contributed by atoms with Crippen LogP contribution in [-0.2, 0) is 4.79 Å². The fraction of sp³-hybridized carbons (Fsp3) is 0.867. The van der Waals surface area contributed by atoms with Crippen LogP contribution < -0.4 is 10.6 Å². The first kappa shape index (κ1) is 16.8. The van der Waals surface area contributed by atoms with Crippen LogP contribution in [0, 0.1) is 11.8 Å². The lowest BCUT2D eigenvalue weighted by molar-refractivity contribution is -0.141. The maximum absolute atomic E-state index is 11.9. The number of aliphatic carboxylic acids is 1. The SMILES string of the molecule is CC(C)CC(C)NC(=O)NC(C(=O)O)C1CCCCC1. The normalized spacial score (nSPS) is 19.4. The van der Waals surface area contributed by atoms with Crippen LogP contribution in [0.4, 0.5) is 4.79 Å². The molecular weight excluding hydrogens is 256 g/mol. The molecule has 1 aliphatic rings. The number of hydrogen-bond acceptors (Lipinski definition) is 2. The number of rotatable bonds is 6. The third-order valence-corrected chi connectivity index (χ3v) is 3.88. The van der Waals surface area contributed by atoms with E-state index in [0.717, 1.165) is 32.1 Å². The highest BCUT2D eigenvalue weighted by atomic mass is 16.4. The average Bonchev–Trinajstić information content (AvgIpc) is 2.35. The molecule has 116 valence electrons. The highest BCUT2D eigenvalue weighted by molar-refractivity contribution is 5.82. The highest BCUT2D eigenvalue weighted by Gasteiger charge is 2.30. The summed E-state index contributed by atoms with van der Waals surface area (Å²) in [7, 11) is 0. The Bertz CT molecular complexity index is 325. The summed E-state index contributed by atoms with van der Waals surface area (Å²) in [6.07, 6.45) is 5.94. The third kappa shape index (κ3) is 5.80. The Morgan fingerprint density at radius 1 is 1.10 bits per heavy atom. The first-order valence-electron chi connectivity index (χ1n) is 7.70. The van der Waals surface area contributed by atoms with Crippen molar-refractivity contribution in [2.75, 3.05) is 0 Å². The van der Waals surface area contributed by atoms with E-state index in [-0.39, 0.29) is 18.0 Å². The van der Waals surface area contributed by atoms with Crippen molar-refractivity contribution in [3.05, 3.63) is 0 Å². The van der Waals surface area contributed by atoms with Crippen LogP contribution in [0.2, 0.25) is 0 Å². The number of carbonyl (C=O) groups excluding carboxylic acids is 1. The monoisotopic (exact) mass is 284 g/mol. The van der Waals surface area contributed by atoms with Gasteiger partial charge in [0.05, 0.1) is 0 Å². The van der Waals surface area contributed by atoms with Crippen molar-refractivity contribution in [1.82, 2.24) is 10.6 Å². The minimum absolute atomic E-state index is 0.0517. The summed E-state index contributed by atoms with van der Waals surface area (Å²) in [6, 6.07) is -1.08. The van der Waals surface area contributed by atoms with Gasteiger partial charge in [0.15, 0.2) is 0 Å². The van der Waals surface area contributed by atoms with Gasteiger partial charge in [-0.25, -0.2) is 9.59 Å². The predicted molar refractivity (Wildman–Crippen MR) is 78.6 cm³/mol. The van der Waals surface area contributed by atoms with Gasteiger partial charge >= 0.3 is 12.0 Å². The second kappa shape index (κ2) is 8.12. The maximum Gasteiger partial charge on any atom is 0.326 e. The Hall–Kier alpha value is -1.26. The Kier molecular flexibility index (Phi) is 6.82. The van der Waals surface area contributed by atoms with E-state index in [2.05, 4.69) is 24.5 Å². The summed E-state index contributed by atoms with van der Waals surface area (Å²) in [6.45, 7) is 6.13. The molecule has 1 saturated carbocycles. The van der Waals surface area contributed by atoms with Crippen molar-refractivity contribution in [1.29, 1.82) is 0 Å². The molecule has 0 aromatic carbocycles. The molecule has 0 saturated heterocycles. The zero-order valence-electron chi connectivity index (χ0n) is 12.8. The standard InChI is InChI=1S/C15H28N2O3/c1-10(2)9-11(3)16-15(20)17-13(14(18)19)12-7-5-4-6-8-12/h10-13H,4-9H2,1-3H3,(H,18,19)(H2,16,17,20). The lowest BCUT2D eigenvalue weighted by Crippen LogP contribution is -2.51. The van der Waals surface area contributed by atoms with Gasteiger partial charge in [-0.1, -0.05) is 33.1 Å². The van der Waals surface area contributed by atoms with Crippen molar-refractivity contribution in [3.63, 3.8) is 0 Å². The van der Waals surface area contributed by atoms with E-state index in [0.29, 0.717) is 5.92 Å². The topological polar surface area (TPSA) is 78.4 Å². The third-order valence-electron chi connectivity index (χ3n) is 3.88. The number of amides is 2. The zero-order chi connectivity index (χ0) is 15.1. The van der Waals surface area contributed by atoms with E-state index < -0.39 is 12.0 Å². The first-order chi connectivity index (χ1) is 9.40. The van der Waals surface area contributed by atoms with Gasteiger partial charge in [-0.2, -0.15) is 0 Å². The second-order valence-corrected chi connectivity index (χ2v) is 6.36. The van der Waals surface area contributed by atoms with Gasteiger partial charge in [0.1, 0.15) is 6.04 Å². The molecule has 5 heteroatoms. The Labute approximate surface area is 121 Å². The van der Waals surface area contributed by atoms with E-state index in [1.807, 2.05) is 6.92 Å². The molecule has 1 rings (SSSR count). The summed E-state index contributed by atoms with van der Waals surface area (Å²) in [5.74, 6) is -0.366. The number of carboxylic acids is 1. The molecule has 0 radical (unpaired) electrons. The number of carboxylic acid groups (broad SMARTS) is 1. The molecule has 0 aliphatic heterocycles. The van der Waals surface area contributed by atoms with Crippen LogP contribution in [0.3, 0.4) is 0 Å². The van der Waals surface area contributed by atoms with Gasteiger partial charge in [0, 0.05) is 6.04 Å². The van der Waals surface area contributed by atoms with E-state index in [1.54, 1.807) is 0 Å². The van der Waals surface area contributed by atoms with Gasteiger partial charge in [0.25, 0.3) is 0 Å². The summed E-state index contributed by atoms with van der Waals surface area (Å²) in [5.41, 5.74) is 0. The van der Waals surface area contributed by atoms with Crippen molar-refractivity contribution >= 4 is 12.0 Å². The largest absolute Gasteiger partial charge is 0.480 e. The fourth-order valence-corrected chi connectivity index (χ4v) is 3.02. The minimum atomic E-state index is -0.927. The van der Waals surface area contributed by atoms with Gasteiger partial charge < -0.3 is 15.7 Å². The van der Waals surface area contributed by atoms with Gasteiger partial charge in [-0.15, -0.1) is 0 Å². The Morgan fingerprint density at radius 2 is 1.70 bits per heavy atom. The van der Waals surface area contributed by atoms with Crippen LogP contribution in [0.1, 0.15) is 59.3 Å². The van der Waals surface area contributed by atoms with Crippen LogP contribution in [0.25, 0.3) is 0 Å². The molecule has 2 amide bonds. The van der Waals surface area contributed by atoms with Crippen molar-refractivity contribution < 1.29 is 14.7 Å². The Morgan fingerprint density at radius 3 is 2.20 bits per heavy atom. The molecule has 0 bridgehead atoms. The van der Waals surface area contributed by atoms with Crippen LogP contribution >= 0.6 is 0 Å². The molecule has 3 N–H and O–H groups in total. The smallest absolute Gasteiger partial charge is 0.326 e. The van der Waals surface area contributed by atoms with Crippen molar-refractivity contribution in [2.45, 2.75) is 71.4 Å². The van der Waals surface area contributed by atoms with E-state index in [4.69, 9.17) is 0 Å². The molecule has 0 heterocycles. The van der Waals surface area contributed by atoms with Gasteiger partial charge in [-0.05, 0) is 38.0 Å². The zero-order valence-corrected chi connectivity index (χ0v) is 12.8. The molecule has 0 aromatic heterocycles. The molecule has 2 unspecified atom stereocenters. The number of nitrogens with one attached hydrogen (secondary N) is 2. The predicted octanol–water partition coefficient (Wildman–Crippen LogP) is 2.75. The number of hydrogen-bond donors (Lipinski definition) is 3. The molecular formula is C15H28N2O3. The van der Waals surface area contributed by atoms with Gasteiger partial charge in [0.2, 0.25) is 0 Å². The van der Waals surface area contributed by atoms with Crippen LogP contribution in [-0.4, -0.2) is 29.2 Å². The lowest BCUT2D eigenvalue weighted by Gasteiger charge is -2.28. The molecule has 1 fully saturated rings. The van der Waals surface area contributed by atoms with Crippen molar-refractivity contribution in [2.24, 2.45) is 11.8 Å². The van der Waals surface area contributed by atoms with Gasteiger partial charge in [-0.3, -0.25) is 0 Å². The summed E-state index contributed by atoms with van der Waals surface area (Å²) < 4.78 is 0. The minimum Gasteiger partial charge on any atom is -0.480 e. The number of urea groups is 1. The Balaban J connectivity index is 2.48. The molecule has 5 nitrogen and oxygen atoms in total. The second-order valence-electron chi connectivity index (χ2n) is 6.36. The van der Waals surface area contributed by atoms with Crippen LogP contribution in [0.5, 0.6) is 0 Å². The first-order valence-corrected chi connectivity index (χ1v) is 7.70. The van der Waals surface area contributed by atoms with E-state index in [9.17, 15) is 14.7 Å². The summed E-state index contributed by atoms with van der Waals surface area (Å²) >= 11 is 0. The number of carbonyl (C=O) groups is 2. The molecule has 0 aromatic rings. The van der Waals surface area contributed by atoms with E-state index >= 15 is 0 Å². The lowest BCUT2D eigenvalue weighted by atomic mass is 9.84. The highest BCUT2D eigenvalue weighted by Crippen LogP contribution is 2.26. The molecule has 2 atom stereocenters.